The Morgan fingerprint density at radius 1 is 1.04 bits per heavy atom. The van der Waals surface area contributed by atoms with Gasteiger partial charge in [0, 0.05) is 36.9 Å². The van der Waals surface area contributed by atoms with Gasteiger partial charge in [-0.05, 0) is 20.8 Å². The maximum Gasteiger partial charge on any atom is 0.410 e. The van der Waals surface area contributed by atoms with Crippen LogP contribution >= 0.6 is 0 Å². The minimum atomic E-state index is -1.50. The number of hydrogen-bond acceptors (Lipinski definition) is 4. The van der Waals surface area contributed by atoms with Crippen LogP contribution in [0.5, 0.6) is 0 Å². The highest BCUT2D eigenvalue weighted by Crippen LogP contribution is 2.41. The fourth-order valence-electron chi connectivity index (χ4n) is 3.41. The zero-order valence-corrected chi connectivity index (χ0v) is 15.3. The molecule has 0 radical (unpaired) electrons. The van der Waals surface area contributed by atoms with E-state index in [2.05, 4.69) is 5.32 Å². The molecule has 1 atom stereocenters. The minimum Gasteiger partial charge on any atom is -0.465 e. The Balaban J connectivity index is 3.60. The molecule has 1 aliphatic rings. The zero-order chi connectivity index (χ0) is 18.9. The third-order valence-corrected chi connectivity index (χ3v) is 4.29. The van der Waals surface area contributed by atoms with E-state index < -0.39 is 28.9 Å². The van der Waals surface area contributed by atoms with Crippen LogP contribution in [0, 0.1) is 5.41 Å². The van der Waals surface area contributed by atoms with Crippen molar-refractivity contribution in [1.82, 2.24) is 15.1 Å². The maximum atomic E-state index is 12.1. The first-order valence-electron chi connectivity index (χ1n) is 8.04. The second kappa shape index (κ2) is 6.58. The van der Waals surface area contributed by atoms with E-state index in [1.807, 2.05) is 0 Å². The number of likely N-dealkylation sites (tertiary alicyclic amines) is 1. The number of hydrogen-bond donors (Lipinski definition) is 3. The fourth-order valence-corrected chi connectivity index (χ4v) is 3.41. The summed E-state index contributed by atoms with van der Waals surface area (Å²) >= 11 is 0. The molecule has 1 aliphatic heterocycles. The highest BCUT2D eigenvalue weighted by Gasteiger charge is 2.58. The summed E-state index contributed by atoms with van der Waals surface area (Å²) < 4.78 is 0. The van der Waals surface area contributed by atoms with Crippen molar-refractivity contribution in [2.24, 2.45) is 5.41 Å². The van der Waals surface area contributed by atoms with Gasteiger partial charge in [-0.15, -0.1) is 0 Å². The van der Waals surface area contributed by atoms with E-state index >= 15 is 0 Å². The van der Waals surface area contributed by atoms with Crippen LogP contribution in [0.15, 0.2) is 0 Å². The van der Waals surface area contributed by atoms with Crippen molar-refractivity contribution in [2.75, 3.05) is 13.1 Å². The van der Waals surface area contributed by atoms with E-state index in [1.54, 1.807) is 46.4 Å². The van der Waals surface area contributed by atoms with Gasteiger partial charge in [0.2, 0.25) is 0 Å². The van der Waals surface area contributed by atoms with Gasteiger partial charge in [-0.25, -0.2) is 9.59 Å². The fraction of sp³-hybridized carbons (Fsp3) is 0.812. The summed E-state index contributed by atoms with van der Waals surface area (Å²) in [7, 11) is 0. The monoisotopic (exact) mass is 343 g/mol. The van der Waals surface area contributed by atoms with Crippen LogP contribution in [0.1, 0.15) is 54.4 Å². The van der Waals surface area contributed by atoms with Crippen molar-refractivity contribution in [3.63, 3.8) is 0 Å². The third-order valence-electron chi connectivity index (χ3n) is 4.29. The van der Waals surface area contributed by atoms with Crippen molar-refractivity contribution in [3.05, 3.63) is 0 Å². The highest BCUT2D eigenvalue weighted by molar-refractivity contribution is 5.79. The zero-order valence-electron chi connectivity index (χ0n) is 15.3. The first kappa shape index (κ1) is 20.2. The van der Waals surface area contributed by atoms with Crippen molar-refractivity contribution in [1.29, 1.82) is 0 Å². The van der Waals surface area contributed by atoms with Gasteiger partial charge in [0.15, 0.2) is 5.79 Å². The number of nitrogens with one attached hydrogen (secondary N) is 1. The number of nitrogens with zero attached hydrogens (tertiary/aromatic N) is 2. The number of amides is 2. The molecule has 3 N–H and O–H groups in total. The summed E-state index contributed by atoms with van der Waals surface area (Å²) in [6.07, 6.45) is -1.98. The number of carboxylic acid groups (broad SMARTS) is 2. The summed E-state index contributed by atoms with van der Waals surface area (Å²) in [5, 5.41) is 21.9. The lowest BCUT2D eigenvalue weighted by atomic mass is 9.81. The van der Waals surface area contributed by atoms with Crippen LogP contribution in [0.25, 0.3) is 0 Å². The molecule has 2 amide bonds. The molecule has 24 heavy (non-hydrogen) atoms. The topological polar surface area (TPSA) is 110 Å². The van der Waals surface area contributed by atoms with Crippen LogP contribution in [-0.2, 0) is 4.79 Å². The van der Waals surface area contributed by atoms with Crippen LogP contribution in [0.4, 0.5) is 9.59 Å². The van der Waals surface area contributed by atoms with Crippen molar-refractivity contribution in [3.8, 4) is 0 Å². The molecule has 0 aromatic carbocycles. The van der Waals surface area contributed by atoms with E-state index in [4.69, 9.17) is 0 Å². The number of carbonyl (C=O) groups excluding carboxylic acids is 1. The first-order chi connectivity index (χ1) is 10.7. The molecule has 0 aromatic heterocycles. The molecule has 1 rings (SSSR count). The van der Waals surface area contributed by atoms with Gasteiger partial charge < -0.3 is 10.2 Å². The number of ketones is 1. The Labute approximate surface area is 142 Å². The van der Waals surface area contributed by atoms with Crippen molar-refractivity contribution >= 4 is 18.0 Å². The molecule has 8 nitrogen and oxygen atoms in total. The van der Waals surface area contributed by atoms with Crippen LogP contribution in [0.2, 0.25) is 0 Å². The summed E-state index contributed by atoms with van der Waals surface area (Å²) in [6.45, 7) is 11.1. The average Bonchev–Trinajstić information content (AvgIpc) is 2.34. The lowest BCUT2D eigenvalue weighted by Crippen LogP contribution is -2.80. The standard InChI is InChI=1S/C16H29N3O5/c1-14(2,3)16(17-12(21)22,18-9-7-11(20)8-10-18)19(13(23)24)15(4,5)6/h17H,7-10H2,1-6H3,(H,21,22)(H,23,24). The van der Waals surface area contributed by atoms with Crippen molar-refractivity contribution in [2.45, 2.75) is 65.7 Å². The molecule has 0 aliphatic carbocycles. The SMILES string of the molecule is CC(C)(C)N(C(=O)O)C(NC(=O)O)(N1CCC(=O)CC1)C(C)(C)C. The Hall–Kier alpha value is -1.83. The molecule has 0 aromatic rings. The number of Topliss-reactive ketones (excluding diaryl/α,β-unsaturated/α-hetero) is 1. The Kier molecular flexibility index (Phi) is 5.54. The lowest BCUT2D eigenvalue weighted by Gasteiger charge is -2.60. The Morgan fingerprint density at radius 2 is 1.50 bits per heavy atom. The van der Waals surface area contributed by atoms with Gasteiger partial charge in [-0.2, -0.15) is 0 Å². The quantitative estimate of drug-likeness (QED) is 0.679. The smallest absolute Gasteiger partial charge is 0.410 e. The third kappa shape index (κ3) is 3.80. The molecule has 0 saturated carbocycles. The molecule has 1 fully saturated rings. The van der Waals surface area contributed by atoms with E-state index in [-0.39, 0.29) is 18.6 Å². The molecular weight excluding hydrogens is 314 g/mol. The summed E-state index contributed by atoms with van der Waals surface area (Å²) in [5.41, 5.74) is -1.64. The Bertz CT molecular complexity index is 511. The number of piperidine rings is 1. The molecule has 1 heterocycles. The van der Waals surface area contributed by atoms with Gasteiger partial charge in [-0.3, -0.25) is 19.9 Å². The highest BCUT2D eigenvalue weighted by atomic mass is 16.4. The second-order valence-electron chi connectivity index (χ2n) is 8.17. The minimum absolute atomic E-state index is 0.0991. The normalized spacial score (nSPS) is 19.5. The molecule has 8 heteroatoms. The van der Waals surface area contributed by atoms with E-state index in [9.17, 15) is 24.6 Å². The first-order valence-corrected chi connectivity index (χ1v) is 8.04. The average molecular weight is 343 g/mol. The molecular formula is C16H29N3O5. The summed E-state index contributed by atoms with van der Waals surface area (Å²) in [5.74, 6) is -1.40. The van der Waals surface area contributed by atoms with Crippen LogP contribution < -0.4 is 5.32 Å². The second-order valence-corrected chi connectivity index (χ2v) is 8.17. The molecule has 1 saturated heterocycles. The Morgan fingerprint density at radius 3 is 1.79 bits per heavy atom. The van der Waals surface area contributed by atoms with Gasteiger partial charge >= 0.3 is 12.2 Å². The molecule has 0 spiro atoms. The maximum absolute atomic E-state index is 12.1. The van der Waals surface area contributed by atoms with Crippen LogP contribution in [-0.4, -0.2) is 62.4 Å². The number of rotatable bonds is 3. The lowest BCUT2D eigenvalue weighted by molar-refractivity contribution is -0.168. The molecule has 138 valence electrons. The van der Waals surface area contributed by atoms with Gasteiger partial charge in [-0.1, -0.05) is 20.8 Å². The van der Waals surface area contributed by atoms with Gasteiger partial charge in [0.1, 0.15) is 5.78 Å². The predicted octanol–water partition coefficient (Wildman–Crippen LogP) is 2.40. The van der Waals surface area contributed by atoms with Crippen molar-refractivity contribution < 1.29 is 24.6 Å². The van der Waals surface area contributed by atoms with Gasteiger partial charge in [0.25, 0.3) is 0 Å². The predicted molar refractivity (Wildman–Crippen MR) is 88.8 cm³/mol. The number of carbonyl (C=O) groups is 3. The summed E-state index contributed by atoms with van der Waals surface area (Å²) in [4.78, 5) is 38.3. The molecule has 0 bridgehead atoms. The van der Waals surface area contributed by atoms with Crippen LogP contribution in [0.3, 0.4) is 0 Å². The van der Waals surface area contributed by atoms with Gasteiger partial charge in [0.05, 0.1) is 0 Å². The van der Waals surface area contributed by atoms with E-state index in [1.165, 1.54) is 0 Å². The largest absolute Gasteiger partial charge is 0.465 e. The van der Waals surface area contributed by atoms with E-state index in [0.717, 1.165) is 4.90 Å². The summed E-state index contributed by atoms with van der Waals surface area (Å²) in [6, 6.07) is 0. The molecule has 1 unspecified atom stereocenters. The van der Waals surface area contributed by atoms with E-state index in [0.29, 0.717) is 13.1 Å².